The minimum atomic E-state index is -0.0267. The summed E-state index contributed by atoms with van der Waals surface area (Å²) in [5, 5.41) is 2.06. The highest BCUT2D eigenvalue weighted by atomic mass is 79.9. The van der Waals surface area contributed by atoms with Crippen molar-refractivity contribution in [1.29, 1.82) is 0 Å². The van der Waals surface area contributed by atoms with Crippen molar-refractivity contribution < 1.29 is 0 Å². The van der Waals surface area contributed by atoms with Gasteiger partial charge in [-0.05, 0) is 27.4 Å². The van der Waals surface area contributed by atoms with Crippen LogP contribution in [0, 0.1) is 0 Å². The number of thiophene rings is 1. The zero-order chi connectivity index (χ0) is 10.8. The van der Waals surface area contributed by atoms with E-state index in [1.54, 1.807) is 17.7 Å². The van der Waals surface area contributed by atoms with E-state index in [-0.39, 0.29) is 6.04 Å². The van der Waals surface area contributed by atoms with Crippen molar-refractivity contribution in [3.8, 4) is 0 Å². The molecule has 0 radical (unpaired) electrons. The maximum Gasteiger partial charge on any atom is 0.0947 e. The van der Waals surface area contributed by atoms with E-state index in [1.165, 1.54) is 4.88 Å². The fourth-order valence-corrected chi connectivity index (χ4v) is 2.97. The summed E-state index contributed by atoms with van der Waals surface area (Å²) in [5.74, 6) is 0. The van der Waals surface area contributed by atoms with Crippen LogP contribution < -0.4 is 5.73 Å². The van der Waals surface area contributed by atoms with E-state index < -0.39 is 0 Å². The summed E-state index contributed by atoms with van der Waals surface area (Å²) < 4.78 is 3.05. The topological polar surface area (TPSA) is 43.8 Å². The summed E-state index contributed by atoms with van der Waals surface area (Å²) in [6.07, 6.45) is 4.57. The predicted molar refractivity (Wildman–Crippen MR) is 65.9 cm³/mol. The molecular weight excluding hydrogens is 274 g/mol. The first-order valence-electron chi connectivity index (χ1n) is 4.62. The molecule has 2 heterocycles. The summed E-state index contributed by atoms with van der Waals surface area (Å²) in [4.78, 5) is 5.52. The summed E-state index contributed by atoms with van der Waals surface area (Å²) in [6.45, 7) is 0. The monoisotopic (exact) mass is 285 g/mol. The third kappa shape index (κ3) is 2.48. The molecule has 80 valence electrons. The van der Waals surface area contributed by atoms with Crippen LogP contribution in [0.5, 0.6) is 0 Å². The number of hydrogen-bond acceptors (Lipinski definition) is 3. The molecule has 0 saturated heterocycles. The van der Waals surface area contributed by atoms with E-state index in [1.807, 2.05) is 23.9 Å². The average Bonchev–Trinajstić information content (AvgIpc) is 2.77. The van der Waals surface area contributed by atoms with E-state index >= 15 is 0 Å². The number of halogens is 1. The van der Waals surface area contributed by atoms with Crippen molar-refractivity contribution in [3.05, 3.63) is 39.0 Å². The standard InChI is InChI=1S/C10H12BrN3S/c1-14-5-9(13-6-14)8(12)4-10-7(11)2-3-15-10/h2-3,5-6,8H,4,12H2,1H3. The highest BCUT2D eigenvalue weighted by Crippen LogP contribution is 2.26. The van der Waals surface area contributed by atoms with Crippen LogP contribution in [0.1, 0.15) is 16.6 Å². The molecule has 0 aliphatic rings. The van der Waals surface area contributed by atoms with Gasteiger partial charge in [-0.25, -0.2) is 4.98 Å². The SMILES string of the molecule is Cn1cnc(C(N)Cc2sccc2Br)c1. The first kappa shape index (κ1) is 10.9. The number of aryl methyl sites for hydroxylation is 1. The van der Waals surface area contributed by atoms with Gasteiger partial charge < -0.3 is 10.3 Å². The Kier molecular flexibility index (Phi) is 3.23. The molecule has 0 aliphatic heterocycles. The smallest absolute Gasteiger partial charge is 0.0947 e. The lowest BCUT2D eigenvalue weighted by Gasteiger charge is -2.07. The molecule has 0 saturated carbocycles. The second-order valence-electron chi connectivity index (χ2n) is 3.47. The Morgan fingerprint density at radius 1 is 1.67 bits per heavy atom. The Morgan fingerprint density at radius 3 is 3.00 bits per heavy atom. The molecule has 15 heavy (non-hydrogen) atoms. The summed E-state index contributed by atoms with van der Waals surface area (Å²) in [7, 11) is 1.95. The van der Waals surface area contributed by atoms with Gasteiger partial charge in [0, 0.05) is 29.0 Å². The van der Waals surface area contributed by atoms with E-state index in [4.69, 9.17) is 5.73 Å². The van der Waals surface area contributed by atoms with Crippen molar-refractivity contribution in [2.24, 2.45) is 12.8 Å². The highest BCUT2D eigenvalue weighted by molar-refractivity contribution is 9.10. The number of nitrogens with two attached hydrogens (primary N) is 1. The molecule has 1 atom stereocenters. The molecular formula is C10H12BrN3S. The van der Waals surface area contributed by atoms with Gasteiger partial charge in [-0.15, -0.1) is 11.3 Å². The Bertz CT molecular complexity index is 449. The fraction of sp³-hybridized carbons (Fsp3) is 0.300. The first-order chi connectivity index (χ1) is 7.16. The van der Waals surface area contributed by atoms with E-state index in [9.17, 15) is 0 Å². The van der Waals surface area contributed by atoms with Gasteiger partial charge in [-0.3, -0.25) is 0 Å². The molecule has 3 nitrogen and oxygen atoms in total. The summed E-state index contributed by atoms with van der Waals surface area (Å²) >= 11 is 5.22. The van der Waals surface area contributed by atoms with Gasteiger partial charge in [0.2, 0.25) is 0 Å². The summed E-state index contributed by atoms with van der Waals surface area (Å²) in [5.41, 5.74) is 7.02. The number of hydrogen-bond donors (Lipinski definition) is 1. The minimum Gasteiger partial charge on any atom is -0.340 e. The quantitative estimate of drug-likeness (QED) is 0.942. The number of imidazole rings is 1. The van der Waals surface area contributed by atoms with Crippen molar-refractivity contribution in [3.63, 3.8) is 0 Å². The maximum absolute atomic E-state index is 6.08. The van der Waals surface area contributed by atoms with E-state index in [2.05, 4.69) is 26.3 Å². The lowest BCUT2D eigenvalue weighted by atomic mass is 10.1. The molecule has 0 amide bonds. The molecule has 2 aromatic rings. The van der Waals surface area contributed by atoms with Crippen LogP contribution in [0.2, 0.25) is 0 Å². The fourth-order valence-electron chi connectivity index (χ4n) is 1.40. The Hall–Kier alpha value is -0.650. The highest BCUT2D eigenvalue weighted by Gasteiger charge is 2.12. The second kappa shape index (κ2) is 4.47. The van der Waals surface area contributed by atoms with E-state index in [0.29, 0.717) is 0 Å². The molecule has 0 fully saturated rings. The average molecular weight is 286 g/mol. The molecule has 2 rings (SSSR count). The zero-order valence-electron chi connectivity index (χ0n) is 8.35. The van der Waals surface area contributed by atoms with Crippen LogP contribution in [0.4, 0.5) is 0 Å². The number of aromatic nitrogens is 2. The van der Waals surface area contributed by atoms with Crippen LogP contribution in [-0.4, -0.2) is 9.55 Å². The maximum atomic E-state index is 6.08. The van der Waals surface area contributed by atoms with Gasteiger partial charge in [0.15, 0.2) is 0 Å². The van der Waals surface area contributed by atoms with Crippen molar-refractivity contribution in [2.75, 3.05) is 0 Å². The van der Waals surface area contributed by atoms with Gasteiger partial charge in [0.1, 0.15) is 0 Å². The van der Waals surface area contributed by atoms with Crippen LogP contribution in [0.15, 0.2) is 28.4 Å². The van der Waals surface area contributed by atoms with Crippen molar-refractivity contribution >= 4 is 27.3 Å². The Balaban J connectivity index is 2.10. The molecule has 5 heteroatoms. The van der Waals surface area contributed by atoms with Crippen LogP contribution in [-0.2, 0) is 13.5 Å². The lowest BCUT2D eigenvalue weighted by molar-refractivity contribution is 0.706. The Morgan fingerprint density at radius 2 is 2.47 bits per heavy atom. The van der Waals surface area contributed by atoms with E-state index in [0.717, 1.165) is 16.6 Å². The molecule has 1 unspecified atom stereocenters. The predicted octanol–water partition coefficient (Wildman–Crippen LogP) is 2.49. The van der Waals surface area contributed by atoms with Gasteiger partial charge >= 0.3 is 0 Å². The van der Waals surface area contributed by atoms with Crippen molar-refractivity contribution in [2.45, 2.75) is 12.5 Å². The number of nitrogens with zero attached hydrogens (tertiary/aromatic N) is 2. The summed E-state index contributed by atoms with van der Waals surface area (Å²) in [6, 6.07) is 2.02. The normalized spacial score (nSPS) is 13.0. The molecule has 0 spiro atoms. The third-order valence-electron chi connectivity index (χ3n) is 2.20. The van der Waals surface area contributed by atoms with Crippen LogP contribution in [0.3, 0.4) is 0 Å². The molecule has 2 N–H and O–H groups in total. The third-order valence-corrected chi connectivity index (χ3v) is 4.15. The zero-order valence-corrected chi connectivity index (χ0v) is 10.8. The van der Waals surface area contributed by atoms with Gasteiger partial charge in [-0.2, -0.15) is 0 Å². The largest absolute Gasteiger partial charge is 0.340 e. The lowest BCUT2D eigenvalue weighted by Crippen LogP contribution is -2.13. The number of rotatable bonds is 3. The minimum absolute atomic E-state index is 0.0267. The van der Waals surface area contributed by atoms with Crippen molar-refractivity contribution in [1.82, 2.24) is 9.55 Å². The molecule has 0 bridgehead atoms. The van der Waals surface area contributed by atoms with Gasteiger partial charge in [0.05, 0.1) is 18.1 Å². The molecule has 2 aromatic heterocycles. The van der Waals surface area contributed by atoms with Crippen LogP contribution in [0.25, 0.3) is 0 Å². The van der Waals surface area contributed by atoms with Crippen LogP contribution >= 0.6 is 27.3 Å². The van der Waals surface area contributed by atoms with Gasteiger partial charge in [0.25, 0.3) is 0 Å². The second-order valence-corrected chi connectivity index (χ2v) is 5.32. The van der Waals surface area contributed by atoms with Gasteiger partial charge in [-0.1, -0.05) is 0 Å². The Labute approximate surface area is 101 Å². The first-order valence-corrected chi connectivity index (χ1v) is 6.29. The molecule has 0 aromatic carbocycles. The molecule has 0 aliphatic carbocycles.